The smallest absolute Gasteiger partial charge is 0.178 e. The number of hydrogen-bond donors (Lipinski definition) is 0. The van der Waals surface area contributed by atoms with Gasteiger partial charge in [-0.25, -0.2) is 0 Å². The van der Waals surface area contributed by atoms with Crippen molar-refractivity contribution >= 4 is 17.1 Å². The van der Waals surface area contributed by atoms with E-state index in [1.54, 1.807) is 11.3 Å². The van der Waals surface area contributed by atoms with E-state index in [9.17, 15) is 4.79 Å². The lowest BCUT2D eigenvalue weighted by molar-refractivity contribution is 0.0746. The van der Waals surface area contributed by atoms with Crippen molar-refractivity contribution in [1.82, 2.24) is 0 Å². The van der Waals surface area contributed by atoms with Crippen molar-refractivity contribution in [3.63, 3.8) is 0 Å². The molecule has 0 spiro atoms. The molecule has 3 heterocycles. The van der Waals surface area contributed by atoms with E-state index < -0.39 is 0 Å². The summed E-state index contributed by atoms with van der Waals surface area (Å²) in [4.78, 5) is 14.3. The van der Waals surface area contributed by atoms with E-state index in [1.807, 2.05) is 19.1 Å². The molecule has 3 heteroatoms. The number of aryl methyl sites for hydroxylation is 1. The molecule has 2 nitrogen and oxygen atoms in total. The van der Waals surface area contributed by atoms with Gasteiger partial charge in [0.05, 0.1) is 23.0 Å². The molecule has 0 N–H and O–H groups in total. The number of carbonyl (C=O) groups is 1. The largest absolute Gasteiger partial charge is 0.374 e. The highest BCUT2D eigenvalue weighted by Gasteiger charge is 2.44. The highest BCUT2D eigenvalue weighted by molar-refractivity contribution is 7.14. The minimum absolute atomic E-state index is 0.141. The van der Waals surface area contributed by atoms with Gasteiger partial charge in [-0.15, -0.1) is 11.3 Å². The number of ether oxygens (including phenoxy) is 1. The number of ketones is 1. The molecule has 1 aromatic heterocycles. The average Bonchev–Trinajstić information content (AvgIpc) is 2.90. The minimum Gasteiger partial charge on any atom is -0.374 e. The number of thiophene rings is 1. The Kier molecular flexibility index (Phi) is 2.18. The number of carbonyl (C=O) groups excluding carboxylic acids is 1. The van der Waals surface area contributed by atoms with Crippen LogP contribution in [0.2, 0.25) is 0 Å². The van der Waals surface area contributed by atoms with Gasteiger partial charge >= 0.3 is 0 Å². The van der Waals surface area contributed by atoms with Crippen molar-refractivity contribution in [2.45, 2.75) is 38.4 Å². The van der Waals surface area contributed by atoms with Crippen LogP contribution in [0.4, 0.5) is 0 Å². The maximum Gasteiger partial charge on any atom is 0.178 e. The first kappa shape index (κ1) is 9.55. The molecule has 2 aliphatic heterocycles. The molecular weight excluding hydrogens is 208 g/mol. The molecule has 1 aromatic rings. The van der Waals surface area contributed by atoms with Gasteiger partial charge in [0.1, 0.15) is 0 Å². The Morgan fingerprint density at radius 1 is 1.47 bits per heavy atom. The Morgan fingerprint density at radius 2 is 2.33 bits per heavy atom. The van der Waals surface area contributed by atoms with Crippen LogP contribution in [-0.2, 0) is 4.74 Å². The normalized spacial score (nSPS) is 33.5. The minimum atomic E-state index is 0.141. The zero-order valence-corrected chi connectivity index (χ0v) is 9.55. The molecule has 3 unspecified atom stereocenters. The quantitative estimate of drug-likeness (QED) is 0.719. The summed E-state index contributed by atoms with van der Waals surface area (Å²) in [7, 11) is 0. The lowest BCUT2D eigenvalue weighted by Gasteiger charge is -2.15. The summed E-state index contributed by atoms with van der Waals surface area (Å²) in [6.07, 6.45) is 3.75. The molecule has 0 radical (unpaired) electrons. The fourth-order valence-corrected chi connectivity index (χ4v) is 3.53. The lowest BCUT2D eigenvalue weighted by atomic mass is 9.86. The summed E-state index contributed by atoms with van der Waals surface area (Å²) in [5, 5.41) is 0. The van der Waals surface area contributed by atoms with Gasteiger partial charge in [0.2, 0.25) is 0 Å². The summed E-state index contributed by atoms with van der Waals surface area (Å²) in [6, 6.07) is 3.97. The van der Waals surface area contributed by atoms with Gasteiger partial charge in [-0.1, -0.05) is 0 Å². The Bertz CT molecular complexity index is 396. The second-order valence-electron chi connectivity index (χ2n) is 4.49. The third kappa shape index (κ3) is 1.54. The molecule has 2 fully saturated rings. The van der Waals surface area contributed by atoms with Crippen LogP contribution in [0, 0.1) is 12.8 Å². The molecule has 3 atom stereocenters. The number of fused-ring (bicyclic) bond motifs is 2. The van der Waals surface area contributed by atoms with E-state index in [0.717, 1.165) is 24.1 Å². The van der Waals surface area contributed by atoms with Crippen molar-refractivity contribution in [3.8, 4) is 0 Å². The average molecular weight is 222 g/mol. The van der Waals surface area contributed by atoms with Gasteiger partial charge in [-0.3, -0.25) is 4.79 Å². The first-order valence-corrected chi connectivity index (χ1v) is 6.32. The first-order valence-electron chi connectivity index (χ1n) is 5.50. The van der Waals surface area contributed by atoms with Crippen molar-refractivity contribution in [2.75, 3.05) is 0 Å². The predicted octanol–water partition coefficient (Wildman–Crippen LogP) is 2.81. The van der Waals surface area contributed by atoms with E-state index in [2.05, 4.69) is 0 Å². The van der Waals surface area contributed by atoms with E-state index in [4.69, 9.17) is 4.74 Å². The number of Topliss-reactive ketones (excluding diaryl/α,β-unsaturated/α-hetero) is 1. The van der Waals surface area contributed by atoms with Crippen LogP contribution in [0.25, 0.3) is 0 Å². The zero-order chi connectivity index (χ0) is 10.4. The predicted molar refractivity (Wildman–Crippen MR) is 59.4 cm³/mol. The second-order valence-corrected chi connectivity index (χ2v) is 5.78. The third-order valence-electron chi connectivity index (χ3n) is 3.43. The van der Waals surface area contributed by atoms with Crippen LogP contribution in [0.3, 0.4) is 0 Å². The Balaban J connectivity index is 1.81. The van der Waals surface area contributed by atoms with E-state index in [0.29, 0.717) is 11.9 Å². The van der Waals surface area contributed by atoms with Gasteiger partial charge in [0.15, 0.2) is 5.78 Å². The maximum atomic E-state index is 12.2. The molecule has 15 heavy (non-hydrogen) atoms. The molecule has 0 amide bonds. The van der Waals surface area contributed by atoms with E-state index in [1.165, 1.54) is 4.88 Å². The van der Waals surface area contributed by atoms with Crippen LogP contribution in [0.1, 0.15) is 33.8 Å². The first-order chi connectivity index (χ1) is 7.24. The van der Waals surface area contributed by atoms with Gasteiger partial charge in [-0.05, 0) is 38.3 Å². The molecule has 2 bridgehead atoms. The van der Waals surface area contributed by atoms with Gasteiger partial charge in [0.25, 0.3) is 0 Å². The topological polar surface area (TPSA) is 26.3 Å². The molecular formula is C12H14O2S. The van der Waals surface area contributed by atoms with Crippen LogP contribution in [0.15, 0.2) is 12.1 Å². The van der Waals surface area contributed by atoms with E-state index in [-0.39, 0.29) is 12.0 Å². The molecule has 2 saturated heterocycles. The fraction of sp³-hybridized carbons (Fsp3) is 0.583. The van der Waals surface area contributed by atoms with Crippen molar-refractivity contribution in [1.29, 1.82) is 0 Å². The molecule has 0 saturated carbocycles. The number of rotatable bonds is 2. The summed E-state index contributed by atoms with van der Waals surface area (Å²) >= 11 is 1.60. The SMILES string of the molecule is Cc1ccc(C(=O)C2CC3CCC2O3)s1. The van der Waals surface area contributed by atoms with Gasteiger partial charge in [0, 0.05) is 4.88 Å². The Hall–Kier alpha value is -0.670. The fourth-order valence-electron chi connectivity index (χ4n) is 2.66. The standard InChI is InChI=1S/C12H14O2S/c1-7-2-5-11(15-7)12(13)9-6-8-3-4-10(9)14-8/h2,5,8-10H,3-4,6H2,1H3. The van der Waals surface area contributed by atoms with Gasteiger partial charge in [-0.2, -0.15) is 0 Å². The van der Waals surface area contributed by atoms with Crippen LogP contribution >= 0.6 is 11.3 Å². The summed E-state index contributed by atoms with van der Waals surface area (Å²) in [5.41, 5.74) is 0. The Morgan fingerprint density at radius 3 is 2.87 bits per heavy atom. The highest BCUT2D eigenvalue weighted by Crippen LogP contribution is 2.40. The maximum absolute atomic E-state index is 12.2. The molecule has 3 rings (SSSR count). The molecule has 0 aromatic carbocycles. The van der Waals surface area contributed by atoms with Crippen molar-refractivity contribution in [3.05, 3.63) is 21.9 Å². The van der Waals surface area contributed by atoms with Crippen molar-refractivity contribution < 1.29 is 9.53 Å². The highest BCUT2D eigenvalue weighted by atomic mass is 32.1. The molecule has 0 aliphatic carbocycles. The summed E-state index contributed by atoms with van der Waals surface area (Å²) < 4.78 is 5.72. The molecule has 80 valence electrons. The summed E-state index contributed by atoms with van der Waals surface area (Å²) in [5.74, 6) is 0.446. The summed E-state index contributed by atoms with van der Waals surface area (Å²) in [6.45, 7) is 2.04. The van der Waals surface area contributed by atoms with Crippen LogP contribution < -0.4 is 0 Å². The van der Waals surface area contributed by atoms with Gasteiger partial charge < -0.3 is 4.74 Å². The zero-order valence-electron chi connectivity index (χ0n) is 8.73. The van der Waals surface area contributed by atoms with E-state index >= 15 is 0 Å². The Labute approximate surface area is 93.3 Å². The number of hydrogen-bond acceptors (Lipinski definition) is 3. The van der Waals surface area contributed by atoms with Crippen LogP contribution in [-0.4, -0.2) is 18.0 Å². The second kappa shape index (κ2) is 3.42. The third-order valence-corrected chi connectivity index (χ3v) is 4.44. The lowest BCUT2D eigenvalue weighted by Crippen LogP contribution is -2.24. The monoisotopic (exact) mass is 222 g/mol. The van der Waals surface area contributed by atoms with Crippen molar-refractivity contribution in [2.24, 2.45) is 5.92 Å². The molecule has 2 aliphatic rings. The van der Waals surface area contributed by atoms with Crippen LogP contribution in [0.5, 0.6) is 0 Å².